The van der Waals surface area contributed by atoms with E-state index >= 15 is 0 Å². The zero-order chi connectivity index (χ0) is 8.27. The second-order valence-corrected chi connectivity index (χ2v) is 1.97. The van der Waals surface area contributed by atoms with Gasteiger partial charge in [-0.05, 0) is 0 Å². The van der Waals surface area contributed by atoms with E-state index in [1.165, 1.54) is 0 Å². The fourth-order valence-electron chi connectivity index (χ4n) is 0.687. The Kier molecular flexibility index (Phi) is 2.02. The molecule has 0 saturated heterocycles. The van der Waals surface area contributed by atoms with Gasteiger partial charge in [-0.3, -0.25) is 0 Å². The summed E-state index contributed by atoms with van der Waals surface area (Å²) in [5.74, 6) is -0.832. The van der Waals surface area contributed by atoms with E-state index in [1.54, 1.807) is 6.07 Å². The van der Waals surface area contributed by atoms with Crippen molar-refractivity contribution in [2.45, 2.75) is 6.42 Å². The topological polar surface area (TPSA) is 56.9 Å². The summed E-state index contributed by atoms with van der Waals surface area (Å²) in [4.78, 5) is 3.20. The van der Waals surface area contributed by atoms with E-state index < -0.39 is 5.95 Å². The van der Waals surface area contributed by atoms with Crippen LogP contribution in [-0.2, 0) is 6.42 Å². The number of hydrogen-bond acceptors (Lipinski definition) is 3. The zero-order valence-corrected chi connectivity index (χ0v) is 5.58. The minimum atomic E-state index is -0.687. The molecule has 0 spiro atoms. The highest BCUT2D eigenvalue weighted by molar-refractivity contribution is 5.30. The molecule has 1 aromatic heterocycles. The van der Waals surface area contributed by atoms with Gasteiger partial charge in [0.2, 0.25) is 5.95 Å². The number of pyridine rings is 1. The van der Waals surface area contributed by atoms with Gasteiger partial charge >= 0.3 is 0 Å². The van der Waals surface area contributed by atoms with Gasteiger partial charge in [-0.15, -0.1) is 0 Å². The number of nitrogens with zero attached hydrogens (tertiary/aromatic N) is 2. The Morgan fingerprint density at radius 2 is 2.45 bits per heavy atom. The molecule has 0 aliphatic carbocycles. The van der Waals surface area contributed by atoms with Crippen LogP contribution in [-0.4, -0.2) is 10.1 Å². The van der Waals surface area contributed by atoms with Crippen molar-refractivity contribution in [3.8, 4) is 11.8 Å². The average molecular weight is 152 g/mol. The lowest BCUT2D eigenvalue weighted by molar-refractivity contribution is 0.460. The highest BCUT2D eigenvalue weighted by Crippen LogP contribution is 2.15. The third kappa shape index (κ3) is 1.64. The summed E-state index contributed by atoms with van der Waals surface area (Å²) in [5, 5.41) is 17.2. The molecule has 0 radical (unpaired) electrons. The molecular weight excluding hydrogens is 147 g/mol. The maximum Gasteiger partial charge on any atom is 0.213 e. The van der Waals surface area contributed by atoms with Crippen molar-refractivity contribution >= 4 is 0 Å². The molecule has 0 aliphatic rings. The van der Waals surface area contributed by atoms with E-state index in [0.717, 1.165) is 12.3 Å². The Bertz CT molecular complexity index is 306. The van der Waals surface area contributed by atoms with E-state index in [4.69, 9.17) is 10.4 Å². The van der Waals surface area contributed by atoms with Gasteiger partial charge in [0.1, 0.15) is 5.75 Å². The van der Waals surface area contributed by atoms with Crippen LogP contribution in [0.4, 0.5) is 4.39 Å². The molecule has 4 heteroatoms. The first-order valence-corrected chi connectivity index (χ1v) is 2.94. The molecule has 0 aromatic carbocycles. The fourth-order valence-corrected chi connectivity index (χ4v) is 0.687. The van der Waals surface area contributed by atoms with E-state index in [9.17, 15) is 4.39 Å². The molecule has 0 aliphatic heterocycles. The zero-order valence-electron chi connectivity index (χ0n) is 5.58. The maximum atomic E-state index is 12.3. The molecule has 0 fully saturated rings. The van der Waals surface area contributed by atoms with Crippen LogP contribution in [0.3, 0.4) is 0 Å². The van der Waals surface area contributed by atoms with Crippen LogP contribution in [0.5, 0.6) is 5.75 Å². The van der Waals surface area contributed by atoms with Crippen molar-refractivity contribution < 1.29 is 9.50 Å². The van der Waals surface area contributed by atoms with Gasteiger partial charge in [0.25, 0.3) is 0 Å². The number of halogens is 1. The number of hydrogen-bond donors (Lipinski definition) is 1. The molecule has 0 atom stereocenters. The number of rotatable bonds is 1. The Morgan fingerprint density at radius 3 is 3.09 bits per heavy atom. The maximum absolute atomic E-state index is 12.3. The summed E-state index contributed by atoms with van der Waals surface area (Å²) in [6.07, 6.45) is 0.979. The Morgan fingerprint density at radius 1 is 1.73 bits per heavy atom. The first-order valence-electron chi connectivity index (χ1n) is 2.94. The van der Waals surface area contributed by atoms with Gasteiger partial charge in [-0.25, -0.2) is 4.98 Å². The van der Waals surface area contributed by atoms with Crippen LogP contribution in [0.2, 0.25) is 0 Å². The van der Waals surface area contributed by atoms with Crippen molar-refractivity contribution in [3.63, 3.8) is 0 Å². The lowest BCUT2D eigenvalue weighted by Crippen LogP contribution is -1.88. The summed E-state index contributed by atoms with van der Waals surface area (Å²) in [6, 6.07) is 2.84. The second-order valence-electron chi connectivity index (χ2n) is 1.97. The number of nitriles is 1. The van der Waals surface area contributed by atoms with E-state index in [2.05, 4.69) is 4.98 Å². The third-order valence-corrected chi connectivity index (χ3v) is 1.20. The average Bonchev–Trinajstić information content (AvgIpc) is 1.98. The molecule has 3 nitrogen and oxygen atoms in total. The number of aromatic hydroxyl groups is 1. The van der Waals surface area contributed by atoms with Crippen LogP contribution in [0.1, 0.15) is 5.56 Å². The van der Waals surface area contributed by atoms with Gasteiger partial charge in [0, 0.05) is 11.6 Å². The predicted molar refractivity (Wildman–Crippen MR) is 35.2 cm³/mol. The molecule has 1 N–H and O–H groups in total. The Hall–Kier alpha value is -1.63. The Balaban J connectivity index is 3.05. The predicted octanol–water partition coefficient (Wildman–Crippen LogP) is 0.992. The first kappa shape index (κ1) is 7.48. The van der Waals surface area contributed by atoms with Crippen molar-refractivity contribution in [1.82, 2.24) is 4.98 Å². The third-order valence-electron chi connectivity index (χ3n) is 1.20. The van der Waals surface area contributed by atoms with Gasteiger partial charge in [0.15, 0.2) is 0 Å². The van der Waals surface area contributed by atoms with E-state index in [-0.39, 0.29) is 17.7 Å². The van der Waals surface area contributed by atoms with Crippen LogP contribution >= 0.6 is 0 Å². The quantitative estimate of drug-likeness (QED) is 0.610. The minimum Gasteiger partial charge on any atom is -0.506 e. The molecule has 0 bridgehead atoms. The monoisotopic (exact) mass is 152 g/mol. The standard InChI is InChI=1S/C7H5FN2O/c8-7-3-5(1-2-9)6(11)4-10-7/h3-4,11H,1H2. The summed E-state index contributed by atoms with van der Waals surface area (Å²) in [6.45, 7) is 0. The molecule has 56 valence electrons. The fraction of sp³-hybridized carbons (Fsp3) is 0.143. The molecule has 0 amide bonds. The largest absolute Gasteiger partial charge is 0.506 e. The van der Waals surface area contributed by atoms with Crippen LogP contribution < -0.4 is 0 Å². The highest BCUT2D eigenvalue weighted by Gasteiger charge is 2.01. The number of aromatic nitrogens is 1. The minimum absolute atomic E-state index is 0.00866. The Labute approximate surface area is 62.7 Å². The summed E-state index contributed by atoms with van der Waals surface area (Å²) < 4.78 is 12.3. The van der Waals surface area contributed by atoms with Crippen molar-refractivity contribution in [2.24, 2.45) is 0 Å². The SMILES string of the molecule is N#CCc1cc(F)ncc1O. The van der Waals surface area contributed by atoms with Crippen molar-refractivity contribution in [3.05, 3.63) is 23.8 Å². The molecule has 1 rings (SSSR count). The van der Waals surface area contributed by atoms with Crippen LogP contribution in [0.25, 0.3) is 0 Å². The van der Waals surface area contributed by atoms with Gasteiger partial charge < -0.3 is 5.11 Å². The normalized spacial score (nSPS) is 9.09. The molecule has 0 unspecified atom stereocenters. The highest BCUT2D eigenvalue weighted by atomic mass is 19.1. The smallest absolute Gasteiger partial charge is 0.213 e. The lowest BCUT2D eigenvalue weighted by atomic mass is 10.2. The summed E-state index contributed by atoms with van der Waals surface area (Å²) >= 11 is 0. The molecular formula is C7H5FN2O. The van der Waals surface area contributed by atoms with Gasteiger partial charge in [-0.2, -0.15) is 9.65 Å². The van der Waals surface area contributed by atoms with Crippen molar-refractivity contribution in [2.75, 3.05) is 0 Å². The van der Waals surface area contributed by atoms with E-state index in [1.807, 2.05) is 0 Å². The summed E-state index contributed by atoms with van der Waals surface area (Å²) in [5.41, 5.74) is 0.264. The lowest BCUT2D eigenvalue weighted by Gasteiger charge is -1.96. The summed E-state index contributed by atoms with van der Waals surface area (Å²) in [7, 11) is 0. The molecule has 1 aromatic rings. The van der Waals surface area contributed by atoms with Crippen LogP contribution in [0.15, 0.2) is 12.3 Å². The molecule has 1 heterocycles. The van der Waals surface area contributed by atoms with Gasteiger partial charge in [-0.1, -0.05) is 0 Å². The van der Waals surface area contributed by atoms with E-state index in [0.29, 0.717) is 0 Å². The van der Waals surface area contributed by atoms with Crippen LogP contribution in [0, 0.1) is 17.3 Å². The first-order chi connectivity index (χ1) is 5.24. The molecule has 11 heavy (non-hydrogen) atoms. The van der Waals surface area contributed by atoms with Crippen molar-refractivity contribution in [1.29, 1.82) is 5.26 Å². The van der Waals surface area contributed by atoms with Gasteiger partial charge in [0.05, 0.1) is 18.7 Å². The molecule has 0 saturated carbocycles. The second kappa shape index (κ2) is 2.97.